The molecule has 8 heteroatoms. The van der Waals surface area contributed by atoms with Crippen molar-refractivity contribution in [1.82, 2.24) is 15.3 Å². The standard InChI is InChI=1S/C9H12N6O2/c1-5-9(17)13-8(16)4-15(5)7-3-11-2-6(12-7)14-10/h2-3,5H,4,10H2,1H3,(H,12,14)(H,13,16,17). The van der Waals surface area contributed by atoms with E-state index in [4.69, 9.17) is 5.84 Å². The molecule has 90 valence electrons. The summed E-state index contributed by atoms with van der Waals surface area (Å²) in [7, 11) is 0. The number of nitrogens with one attached hydrogen (secondary N) is 2. The van der Waals surface area contributed by atoms with Crippen LogP contribution in [-0.4, -0.2) is 34.4 Å². The van der Waals surface area contributed by atoms with Crippen LogP contribution in [0, 0.1) is 0 Å². The number of imide groups is 1. The molecule has 0 aliphatic carbocycles. The lowest BCUT2D eigenvalue weighted by Gasteiger charge is -2.32. The van der Waals surface area contributed by atoms with Crippen molar-refractivity contribution in [3.8, 4) is 0 Å². The molecule has 1 unspecified atom stereocenters. The topological polar surface area (TPSA) is 113 Å². The number of hydrogen-bond acceptors (Lipinski definition) is 7. The van der Waals surface area contributed by atoms with E-state index in [1.54, 1.807) is 11.8 Å². The lowest BCUT2D eigenvalue weighted by atomic mass is 10.2. The highest BCUT2D eigenvalue weighted by Crippen LogP contribution is 2.16. The van der Waals surface area contributed by atoms with Crippen molar-refractivity contribution in [2.75, 3.05) is 16.9 Å². The number of aromatic nitrogens is 2. The summed E-state index contributed by atoms with van der Waals surface area (Å²) in [6, 6.07) is -0.477. The van der Waals surface area contributed by atoms with Gasteiger partial charge in [-0.15, -0.1) is 0 Å². The maximum atomic E-state index is 11.5. The molecule has 0 saturated carbocycles. The Labute approximate surface area is 97.2 Å². The Hall–Kier alpha value is -2.22. The van der Waals surface area contributed by atoms with Crippen molar-refractivity contribution in [3.63, 3.8) is 0 Å². The molecule has 1 fully saturated rings. The van der Waals surface area contributed by atoms with Gasteiger partial charge >= 0.3 is 0 Å². The molecular formula is C9H12N6O2. The molecule has 1 aliphatic heterocycles. The monoisotopic (exact) mass is 236 g/mol. The van der Waals surface area contributed by atoms with Crippen LogP contribution in [0.25, 0.3) is 0 Å². The summed E-state index contributed by atoms with van der Waals surface area (Å²) < 4.78 is 0. The van der Waals surface area contributed by atoms with Crippen molar-refractivity contribution in [2.45, 2.75) is 13.0 Å². The van der Waals surface area contributed by atoms with E-state index >= 15 is 0 Å². The zero-order valence-electron chi connectivity index (χ0n) is 9.17. The van der Waals surface area contributed by atoms with E-state index in [1.807, 2.05) is 0 Å². The smallest absolute Gasteiger partial charge is 0.249 e. The van der Waals surface area contributed by atoms with E-state index in [0.29, 0.717) is 11.6 Å². The van der Waals surface area contributed by atoms with E-state index < -0.39 is 6.04 Å². The van der Waals surface area contributed by atoms with Gasteiger partial charge in [-0.2, -0.15) is 0 Å². The van der Waals surface area contributed by atoms with E-state index in [9.17, 15) is 9.59 Å². The van der Waals surface area contributed by atoms with Gasteiger partial charge in [0.1, 0.15) is 6.04 Å². The van der Waals surface area contributed by atoms with E-state index in [0.717, 1.165) is 0 Å². The van der Waals surface area contributed by atoms with Crippen LogP contribution in [0.2, 0.25) is 0 Å². The average Bonchev–Trinajstić information content (AvgIpc) is 2.34. The van der Waals surface area contributed by atoms with Crippen molar-refractivity contribution < 1.29 is 9.59 Å². The second kappa shape index (κ2) is 4.34. The first-order valence-corrected chi connectivity index (χ1v) is 5.01. The summed E-state index contributed by atoms with van der Waals surface area (Å²) in [5, 5.41) is 2.25. The summed E-state index contributed by atoms with van der Waals surface area (Å²) in [5.41, 5.74) is 2.36. The number of rotatable bonds is 2. The van der Waals surface area contributed by atoms with Crippen LogP contribution in [0.5, 0.6) is 0 Å². The van der Waals surface area contributed by atoms with Crippen LogP contribution in [-0.2, 0) is 9.59 Å². The SMILES string of the molecule is CC1C(=O)NC(=O)CN1c1cncc(NN)n1. The van der Waals surface area contributed by atoms with Gasteiger partial charge in [0, 0.05) is 0 Å². The van der Waals surface area contributed by atoms with Crippen molar-refractivity contribution in [3.05, 3.63) is 12.4 Å². The summed E-state index contributed by atoms with van der Waals surface area (Å²) in [6.07, 6.45) is 2.92. The van der Waals surface area contributed by atoms with Gasteiger partial charge in [0.25, 0.3) is 0 Å². The van der Waals surface area contributed by atoms with Gasteiger partial charge in [-0.25, -0.2) is 10.8 Å². The van der Waals surface area contributed by atoms with E-state index in [2.05, 4.69) is 20.7 Å². The minimum atomic E-state index is -0.477. The van der Waals surface area contributed by atoms with Gasteiger partial charge in [0.2, 0.25) is 11.8 Å². The maximum absolute atomic E-state index is 11.5. The molecule has 0 radical (unpaired) electrons. The number of nitrogen functional groups attached to an aromatic ring is 1. The summed E-state index contributed by atoms with van der Waals surface area (Å²) in [5.74, 6) is 5.30. The Morgan fingerprint density at radius 1 is 1.53 bits per heavy atom. The molecule has 1 aliphatic rings. The fourth-order valence-electron chi connectivity index (χ4n) is 1.56. The molecule has 4 N–H and O–H groups in total. The van der Waals surface area contributed by atoms with Crippen molar-refractivity contribution >= 4 is 23.5 Å². The molecule has 0 bridgehead atoms. The van der Waals surface area contributed by atoms with Gasteiger partial charge in [-0.3, -0.25) is 19.9 Å². The average molecular weight is 236 g/mol. The fraction of sp³-hybridized carbons (Fsp3) is 0.333. The summed E-state index contributed by atoms with van der Waals surface area (Å²) in [6.45, 7) is 1.75. The zero-order valence-corrected chi connectivity index (χ0v) is 9.17. The van der Waals surface area contributed by atoms with E-state index in [-0.39, 0.29) is 18.4 Å². The largest absolute Gasteiger partial charge is 0.334 e. The Bertz CT molecular complexity index is 463. The number of nitrogens with two attached hydrogens (primary N) is 1. The summed E-state index contributed by atoms with van der Waals surface area (Å²) in [4.78, 5) is 32.4. The Morgan fingerprint density at radius 2 is 2.29 bits per heavy atom. The quantitative estimate of drug-likeness (QED) is 0.329. The van der Waals surface area contributed by atoms with Crippen LogP contribution in [0.4, 0.5) is 11.6 Å². The molecule has 2 rings (SSSR count). The number of nitrogens with zero attached hydrogens (tertiary/aromatic N) is 3. The second-order valence-corrected chi connectivity index (χ2v) is 3.62. The second-order valence-electron chi connectivity index (χ2n) is 3.62. The van der Waals surface area contributed by atoms with Gasteiger partial charge in [0.05, 0.1) is 18.9 Å². The molecule has 1 aromatic rings. The van der Waals surface area contributed by atoms with Crippen LogP contribution < -0.4 is 21.5 Å². The lowest BCUT2D eigenvalue weighted by molar-refractivity contribution is -0.132. The fourth-order valence-corrected chi connectivity index (χ4v) is 1.56. The highest BCUT2D eigenvalue weighted by atomic mass is 16.2. The van der Waals surface area contributed by atoms with Gasteiger partial charge in [-0.1, -0.05) is 0 Å². The molecule has 1 saturated heterocycles. The zero-order chi connectivity index (χ0) is 12.4. The first kappa shape index (κ1) is 11.3. The molecule has 0 aromatic carbocycles. The first-order chi connectivity index (χ1) is 8.11. The van der Waals surface area contributed by atoms with Crippen molar-refractivity contribution in [1.29, 1.82) is 0 Å². The third-order valence-corrected chi connectivity index (χ3v) is 2.49. The van der Waals surface area contributed by atoms with Gasteiger partial charge in [-0.05, 0) is 6.92 Å². The third-order valence-electron chi connectivity index (χ3n) is 2.49. The Kier molecular flexibility index (Phi) is 2.88. The molecule has 8 nitrogen and oxygen atoms in total. The molecule has 17 heavy (non-hydrogen) atoms. The molecule has 0 spiro atoms. The number of carbonyl (C=O) groups excluding carboxylic acids is 2. The van der Waals surface area contributed by atoms with Gasteiger partial charge < -0.3 is 10.3 Å². The Balaban J connectivity index is 2.30. The van der Waals surface area contributed by atoms with Crippen molar-refractivity contribution in [2.24, 2.45) is 5.84 Å². The first-order valence-electron chi connectivity index (χ1n) is 5.01. The van der Waals surface area contributed by atoms with Crippen LogP contribution in [0.1, 0.15) is 6.92 Å². The number of anilines is 2. The number of piperazine rings is 1. The predicted octanol–water partition coefficient (Wildman–Crippen LogP) is -1.39. The number of amides is 2. The normalized spacial score (nSPS) is 20.1. The molecule has 2 heterocycles. The minimum absolute atomic E-state index is 0.0651. The number of hydrazine groups is 1. The number of hydrogen-bond donors (Lipinski definition) is 3. The maximum Gasteiger partial charge on any atom is 0.249 e. The molecule has 2 amide bonds. The molecular weight excluding hydrogens is 224 g/mol. The van der Waals surface area contributed by atoms with Gasteiger partial charge in [0.15, 0.2) is 11.6 Å². The minimum Gasteiger partial charge on any atom is -0.334 e. The predicted molar refractivity (Wildman–Crippen MR) is 59.8 cm³/mol. The van der Waals surface area contributed by atoms with Crippen LogP contribution >= 0.6 is 0 Å². The Morgan fingerprint density at radius 3 is 3.00 bits per heavy atom. The third kappa shape index (κ3) is 2.16. The lowest BCUT2D eigenvalue weighted by Crippen LogP contribution is -2.57. The summed E-state index contributed by atoms with van der Waals surface area (Å²) >= 11 is 0. The van der Waals surface area contributed by atoms with E-state index in [1.165, 1.54) is 12.4 Å². The number of carbonyl (C=O) groups is 2. The highest BCUT2D eigenvalue weighted by molar-refractivity contribution is 6.04. The molecule has 1 aromatic heterocycles. The highest BCUT2D eigenvalue weighted by Gasteiger charge is 2.31. The molecule has 1 atom stereocenters. The van der Waals surface area contributed by atoms with Crippen LogP contribution in [0.15, 0.2) is 12.4 Å². The van der Waals surface area contributed by atoms with Crippen LogP contribution in [0.3, 0.4) is 0 Å².